The second-order valence-electron chi connectivity index (χ2n) is 8.15. The number of thioether (sulfide) groups is 1. The maximum Gasteiger partial charge on any atom is 0.267 e. The summed E-state index contributed by atoms with van der Waals surface area (Å²) in [7, 11) is 0. The van der Waals surface area contributed by atoms with Crippen LogP contribution in [0, 0.1) is 0 Å². The summed E-state index contributed by atoms with van der Waals surface area (Å²) in [6.07, 6.45) is 7.38. The molecule has 1 aromatic heterocycles. The van der Waals surface area contributed by atoms with E-state index in [0.29, 0.717) is 15.7 Å². The Hall–Kier alpha value is -1.93. The van der Waals surface area contributed by atoms with E-state index < -0.39 is 0 Å². The van der Waals surface area contributed by atoms with Crippen molar-refractivity contribution in [1.29, 1.82) is 0 Å². The normalized spacial score (nSPS) is 19.5. The van der Waals surface area contributed by atoms with Gasteiger partial charge < -0.3 is 4.42 Å². The Bertz CT molecular complexity index is 1240. The number of rotatable bonds is 5. The fourth-order valence-electron chi connectivity index (χ4n) is 4.09. The van der Waals surface area contributed by atoms with Crippen LogP contribution in [0.25, 0.3) is 6.08 Å². The van der Waals surface area contributed by atoms with E-state index in [1.165, 1.54) is 29.9 Å². The van der Waals surface area contributed by atoms with Crippen molar-refractivity contribution in [2.45, 2.75) is 48.1 Å². The zero-order valence-corrected chi connectivity index (χ0v) is 22.2. The van der Waals surface area contributed by atoms with Gasteiger partial charge in [0.2, 0.25) is 0 Å². The van der Waals surface area contributed by atoms with E-state index in [4.69, 9.17) is 21.0 Å². The summed E-state index contributed by atoms with van der Waals surface area (Å²) in [5, 5.41) is 2.17. The molecule has 1 aliphatic carbocycles. The average molecular weight is 574 g/mol. The van der Waals surface area contributed by atoms with Crippen molar-refractivity contribution in [1.82, 2.24) is 4.90 Å². The van der Waals surface area contributed by atoms with E-state index in [2.05, 4.69) is 15.9 Å². The number of aliphatic imine (C=N–C) groups is 1. The van der Waals surface area contributed by atoms with Gasteiger partial charge in [0, 0.05) is 22.0 Å². The molecule has 2 aliphatic rings. The molecule has 2 heterocycles. The first-order valence-corrected chi connectivity index (χ1v) is 14.0. The quantitative estimate of drug-likeness (QED) is 0.286. The fourth-order valence-corrected chi connectivity index (χ4v) is 6.58. The standard InChI is InChI=1S/C26H22BrClN2O2S2/c27-22-15-20(32-25(22)33-21-13-11-17(28)12-14-21)16-23-24(31)30(19-9-5-2-6-10-19)26(34-23)29-18-7-3-1-4-8-18/h1,3-4,7-8,11-16,19H,2,5-6,9-10H2/b23-16-,29-26?. The van der Waals surface area contributed by atoms with E-state index in [1.54, 1.807) is 0 Å². The zero-order valence-electron chi connectivity index (χ0n) is 18.2. The molecule has 0 spiro atoms. The second kappa shape index (κ2) is 10.8. The Morgan fingerprint density at radius 1 is 1.09 bits per heavy atom. The lowest BCUT2D eigenvalue weighted by atomic mass is 9.94. The Labute approximate surface area is 221 Å². The lowest BCUT2D eigenvalue weighted by Gasteiger charge is -2.30. The van der Waals surface area contributed by atoms with Crippen LogP contribution in [0.2, 0.25) is 5.02 Å². The first-order chi connectivity index (χ1) is 16.6. The van der Waals surface area contributed by atoms with Gasteiger partial charge in [0.05, 0.1) is 15.1 Å². The third kappa shape index (κ3) is 5.48. The van der Waals surface area contributed by atoms with Crippen molar-refractivity contribution in [2.75, 3.05) is 0 Å². The molecule has 0 unspecified atom stereocenters. The van der Waals surface area contributed by atoms with Crippen LogP contribution in [0.4, 0.5) is 5.69 Å². The number of nitrogens with zero attached hydrogens (tertiary/aromatic N) is 2. The number of halogens is 2. The van der Waals surface area contributed by atoms with Gasteiger partial charge >= 0.3 is 0 Å². The summed E-state index contributed by atoms with van der Waals surface area (Å²) >= 11 is 12.5. The molecule has 0 bridgehead atoms. The molecular weight excluding hydrogens is 552 g/mol. The average Bonchev–Trinajstić information content (AvgIpc) is 3.34. The first kappa shape index (κ1) is 23.8. The molecule has 1 aliphatic heterocycles. The van der Waals surface area contributed by atoms with E-state index in [0.717, 1.165) is 51.0 Å². The molecule has 2 fully saturated rings. The molecule has 1 saturated heterocycles. The summed E-state index contributed by atoms with van der Waals surface area (Å²) < 4.78 is 6.92. The molecule has 5 rings (SSSR count). The lowest BCUT2D eigenvalue weighted by molar-refractivity contribution is -0.124. The number of amides is 1. The number of furan rings is 1. The van der Waals surface area contributed by atoms with Crippen LogP contribution in [-0.2, 0) is 4.79 Å². The smallest absolute Gasteiger partial charge is 0.267 e. The van der Waals surface area contributed by atoms with Gasteiger partial charge in [0.15, 0.2) is 10.3 Å². The van der Waals surface area contributed by atoms with Crippen LogP contribution in [0.1, 0.15) is 37.9 Å². The Balaban J connectivity index is 1.43. The summed E-state index contributed by atoms with van der Waals surface area (Å²) in [6, 6.07) is 19.5. The summed E-state index contributed by atoms with van der Waals surface area (Å²) in [4.78, 5) is 21.9. The van der Waals surface area contributed by atoms with Gasteiger partial charge in [-0.2, -0.15) is 0 Å². The fraction of sp³-hybridized carbons (Fsp3) is 0.231. The van der Waals surface area contributed by atoms with Crippen LogP contribution in [0.3, 0.4) is 0 Å². The molecule has 34 heavy (non-hydrogen) atoms. The van der Waals surface area contributed by atoms with Crippen LogP contribution in [0.15, 0.2) is 89.4 Å². The number of carbonyl (C=O) groups excluding carboxylic acids is 1. The van der Waals surface area contributed by atoms with Gasteiger partial charge in [-0.15, -0.1) is 0 Å². The molecular formula is C26H22BrClN2O2S2. The van der Waals surface area contributed by atoms with E-state index in [1.807, 2.05) is 71.6 Å². The SMILES string of the molecule is O=C1/C(=C/c2cc(Br)c(Sc3ccc(Cl)cc3)o2)SC(=Nc2ccccc2)N1C1CCCCC1. The number of para-hydroxylation sites is 1. The third-order valence-corrected chi connectivity index (χ3v) is 8.81. The number of hydrogen-bond donors (Lipinski definition) is 0. The number of hydrogen-bond acceptors (Lipinski definition) is 5. The molecule has 174 valence electrons. The van der Waals surface area contributed by atoms with Crippen molar-refractivity contribution in [3.05, 3.63) is 80.8 Å². The highest BCUT2D eigenvalue weighted by atomic mass is 79.9. The molecule has 0 radical (unpaired) electrons. The van der Waals surface area contributed by atoms with Gasteiger partial charge in [-0.25, -0.2) is 4.99 Å². The van der Waals surface area contributed by atoms with Crippen molar-refractivity contribution >= 4 is 73.9 Å². The highest BCUT2D eigenvalue weighted by molar-refractivity contribution is 9.10. The molecule has 8 heteroatoms. The molecule has 0 atom stereocenters. The largest absolute Gasteiger partial charge is 0.449 e. The number of benzene rings is 2. The number of carbonyl (C=O) groups is 1. The highest BCUT2D eigenvalue weighted by Gasteiger charge is 2.39. The van der Waals surface area contributed by atoms with Crippen molar-refractivity contribution in [3.8, 4) is 0 Å². The van der Waals surface area contributed by atoms with Crippen LogP contribution < -0.4 is 0 Å². The van der Waals surface area contributed by atoms with Crippen molar-refractivity contribution < 1.29 is 9.21 Å². The van der Waals surface area contributed by atoms with Gasteiger partial charge in [-0.1, -0.05) is 60.8 Å². The van der Waals surface area contributed by atoms with Gasteiger partial charge in [-0.3, -0.25) is 9.69 Å². The van der Waals surface area contributed by atoms with Gasteiger partial charge in [0.25, 0.3) is 5.91 Å². The van der Waals surface area contributed by atoms with E-state index in [-0.39, 0.29) is 11.9 Å². The van der Waals surface area contributed by atoms with E-state index >= 15 is 0 Å². The van der Waals surface area contributed by atoms with E-state index in [9.17, 15) is 4.79 Å². The van der Waals surface area contributed by atoms with Crippen molar-refractivity contribution in [2.24, 2.45) is 4.99 Å². The van der Waals surface area contributed by atoms with Crippen LogP contribution in [0.5, 0.6) is 0 Å². The molecule has 4 nitrogen and oxygen atoms in total. The predicted octanol–water partition coefficient (Wildman–Crippen LogP) is 8.78. The Morgan fingerprint density at radius 2 is 1.82 bits per heavy atom. The minimum absolute atomic E-state index is 0.00556. The van der Waals surface area contributed by atoms with Crippen LogP contribution in [-0.4, -0.2) is 22.0 Å². The molecule has 1 amide bonds. The minimum Gasteiger partial charge on any atom is -0.449 e. The molecule has 0 N–H and O–H groups in total. The highest BCUT2D eigenvalue weighted by Crippen LogP contribution is 2.41. The Morgan fingerprint density at radius 3 is 2.56 bits per heavy atom. The predicted molar refractivity (Wildman–Crippen MR) is 145 cm³/mol. The zero-order chi connectivity index (χ0) is 23.5. The second-order valence-corrected chi connectivity index (χ2v) is 11.5. The maximum absolute atomic E-state index is 13.5. The summed E-state index contributed by atoms with van der Waals surface area (Å²) in [6.45, 7) is 0. The summed E-state index contributed by atoms with van der Waals surface area (Å²) in [5.41, 5.74) is 0.849. The molecule has 3 aromatic rings. The van der Waals surface area contributed by atoms with Gasteiger partial charge in [-0.05, 0) is 83.0 Å². The van der Waals surface area contributed by atoms with Crippen molar-refractivity contribution in [3.63, 3.8) is 0 Å². The minimum atomic E-state index is 0.00556. The molecule has 2 aromatic carbocycles. The Kier molecular flexibility index (Phi) is 7.54. The number of amidine groups is 1. The summed E-state index contributed by atoms with van der Waals surface area (Å²) in [5.74, 6) is 0.634. The lowest BCUT2D eigenvalue weighted by Crippen LogP contribution is -2.40. The first-order valence-electron chi connectivity index (χ1n) is 11.2. The topological polar surface area (TPSA) is 45.8 Å². The van der Waals surface area contributed by atoms with Crippen LogP contribution >= 0.6 is 51.1 Å². The molecule has 1 saturated carbocycles. The maximum atomic E-state index is 13.5. The third-order valence-electron chi connectivity index (χ3n) is 5.73. The van der Waals surface area contributed by atoms with Gasteiger partial charge in [0.1, 0.15) is 5.76 Å². The monoisotopic (exact) mass is 572 g/mol.